The molecular weight excluding hydrogens is 394 g/mol. The highest BCUT2D eigenvalue weighted by molar-refractivity contribution is 5.68. The Bertz CT molecular complexity index is 803. The third kappa shape index (κ3) is 8.23. The molecular formula is C25H35NO5. The molecule has 0 bridgehead atoms. The summed E-state index contributed by atoms with van der Waals surface area (Å²) >= 11 is 0. The van der Waals surface area contributed by atoms with E-state index in [4.69, 9.17) is 9.47 Å². The Balaban J connectivity index is 2.06. The molecule has 6 nitrogen and oxygen atoms in total. The molecule has 3 N–H and O–H groups in total. The second kappa shape index (κ2) is 11.7. The van der Waals surface area contributed by atoms with Crippen molar-refractivity contribution in [2.45, 2.75) is 70.8 Å². The molecule has 0 aliphatic rings. The Labute approximate surface area is 185 Å². The minimum atomic E-state index is -0.940. The first kappa shape index (κ1) is 24.7. The molecule has 0 heterocycles. The number of alkyl carbamates (subject to hydrolysis) is 1. The van der Waals surface area contributed by atoms with Crippen LogP contribution in [0.15, 0.2) is 54.6 Å². The highest BCUT2D eigenvalue weighted by Gasteiger charge is 2.27. The van der Waals surface area contributed by atoms with Gasteiger partial charge in [0.25, 0.3) is 0 Å². The quantitative estimate of drug-likeness (QED) is 0.521. The van der Waals surface area contributed by atoms with Crippen LogP contribution in [0.1, 0.15) is 57.6 Å². The Hall–Kier alpha value is -2.57. The molecule has 0 spiro atoms. The molecule has 2 aromatic carbocycles. The Morgan fingerprint density at radius 2 is 1.71 bits per heavy atom. The number of hydrogen-bond acceptors (Lipinski definition) is 5. The Kier molecular flexibility index (Phi) is 9.34. The van der Waals surface area contributed by atoms with Gasteiger partial charge in [0, 0.05) is 0 Å². The van der Waals surface area contributed by atoms with Gasteiger partial charge in [0.2, 0.25) is 0 Å². The van der Waals surface area contributed by atoms with Crippen LogP contribution in [0.4, 0.5) is 4.79 Å². The van der Waals surface area contributed by atoms with Gasteiger partial charge in [0.05, 0.1) is 18.8 Å². The van der Waals surface area contributed by atoms with Crippen molar-refractivity contribution in [3.8, 4) is 5.75 Å². The predicted molar refractivity (Wildman–Crippen MR) is 121 cm³/mol. The number of rotatable bonds is 10. The van der Waals surface area contributed by atoms with E-state index in [-0.39, 0.29) is 12.5 Å². The highest BCUT2D eigenvalue weighted by Crippen LogP contribution is 2.33. The van der Waals surface area contributed by atoms with Crippen molar-refractivity contribution >= 4 is 6.09 Å². The van der Waals surface area contributed by atoms with Crippen molar-refractivity contribution < 1.29 is 24.5 Å². The van der Waals surface area contributed by atoms with E-state index in [1.807, 2.05) is 61.5 Å². The number of benzene rings is 2. The van der Waals surface area contributed by atoms with Crippen molar-refractivity contribution in [1.29, 1.82) is 0 Å². The third-order valence-electron chi connectivity index (χ3n) is 4.98. The van der Waals surface area contributed by atoms with E-state index in [1.165, 1.54) is 0 Å². The number of amides is 1. The lowest BCUT2D eigenvalue weighted by atomic mass is 9.88. The van der Waals surface area contributed by atoms with Gasteiger partial charge in [-0.2, -0.15) is 0 Å². The first-order valence-corrected chi connectivity index (χ1v) is 10.8. The number of aliphatic hydroxyl groups is 2. The van der Waals surface area contributed by atoms with E-state index in [0.717, 1.165) is 23.3 Å². The molecule has 0 aliphatic heterocycles. The van der Waals surface area contributed by atoms with Crippen molar-refractivity contribution in [1.82, 2.24) is 5.32 Å². The van der Waals surface area contributed by atoms with Gasteiger partial charge in [-0.25, -0.2) is 4.79 Å². The van der Waals surface area contributed by atoms with Crippen LogP contribution in [0.5, 0.6) is 5.75 Å². The third-order valence-corrected chi connectivity index (χ3v) is 4.98. The number of nitrogens with one attached hydrogen (secondary N) is 1. The summed E-state index contributed by atoms with van der Waals surface area (Å²) in [6, 6.07) is 16.9. The summed E-state index contributed by atoms with van der Waals surface area (Å²) in [5.41, 5.74) is 1.41. The Morgan fingerprint density at radius 1 is 1.06 bits per heavy atom. The molecule has 3 atom stereocenters. The van der Waals surface area contributed by atoms with Gasteiger partial charge in [-0.15, -0.1) is 0 Å². The predicted octanol–water partition coefficient (Wildman–Crippen LogP) is 4.40. The van der Waals surface area contributed by atoms with E-state index in [9.17, 15) is 15.0 Å². The van der Waals surface area contributed by atoms with Crippen molar-refractivity contribution in [2.24, 2.45) is 0 Å². The maximum atomic E-state index is 12.1. The number of carbonyl (C=O) groups excluding carboxylic acids is 1. The monoisotopic (exact) mass is 429 g/mol. The smallest absolute Gasteiger partial charge is 0.408 e. The van der Waals surface area contributed by atoms with Crippen LogP contribution in [0.2, 0.25) is 0 Å². The minimum Gasteiger partial charge on any atom is -0.489 e. The highest BCUT2D eigenvalue weighted by atomic mass is 16.6. The van der Waals surface area contributed by atoms with E-state index in [1.54, 1.807) is 20.8 Å². The molecule has 0 radical (unpaired) electrons. The SMILES string of the molecule is CCC(CC(O)C(CO)NC(=O)OC(C)(C)C)c1ccccc1OCc1ccccc1. The zero-order valence-corrected chi connectivity index (χ0v) is 18.9. The first-order chi connectivity index (χ1) is 14.7. The lowest BCUT2D eigenvalue weighted by molar-refractivity contribution is 0.0323. The lowest BCUT2D eigenvalue weighted by Crippen LogP contribution is -2.48. The van der Waals surface area contributed by atoms with Crippen LogP contribution >= 0.6 is 0 Å². The van der Waals surface area contributed by atoms with E-state index in [0.29, 0.717) is 13.0 Å². The number of para-hydroxylation sites is 1. The zero-order chi connectivity index (χ0) is 22.9. The van der Waals surface area contributed by atoms with Crippen molar-refractivity contribution in [2.75, 3.05) is 6.61 Å². The molecule has 0 aliphatic carbocycles. The molecule has 0 fully saturated rings. The van der Waals surface area contributed by atoms with Crippen LogP contribution in [0.3, 0.4) is 0 Å². The second-order valence-electron chi connectivity index (χ2n) is 8.66. The lowest BCUT2D eigenvalue weighted by Gasteiger charge is -2.28. The van der Waals surface area contributed by atoms with Gasteiger partial charge in [-0.1, -0.05) is 55.5 Å². The molecule has 0 saturated carbocycles. The number of aliphatic hydroxyl groups excluding tert-OH is 2. The summed E-state index contributed by atoms with van der Waals surface area (Å²) in [6.07, 6.45) is -0.466. The standard InChI is InChI=1S/C25H35NO5/c1-5-19(15-22(28)21(16-27)26-24(29)31-25(2,3)4)20-13-9-10-14-23(20)30-17-18-11-7-6-8-12-18/h6-14,19,21-22,27-28H,5,15-17H2,1-4H3,(H,26,29). The summed E-state index contributed by atoms with van der Waals surface area (Å²) in [5.74, 6) is 0.766. The Morgan fingerprint density at radius 3 is 2.32 bits per heavy atom. The number of ether oxygens (including phenoxy) is 2. The summed E-state index contributed by atoms with van der Waals surface area (Å²) in [5, 5.41) is 23.0. The van der Waals surface area contributed by atoms with Gasteiger partial charge in [0.15, 0.2) is 0 Å². The summed E-state index contributed by atoms with van der Waals surface area (Å²) in [4.78, 5) is 12.1. The first-order valence-electron chi connectivity index (χ1n) is 10.8. The van der Waals surface area contributed by atoms with E-state index < -0.39 is 23.8 Å². The molecule has 2 aromatic rings. The average Bonchev–Trinajstić information content (AvgIpc) is 2.74. The van der Waals surface area contributed by atoms with Gasteiger partial charge in [-0.05, 0) is 56.7 Å². The number of carbonyl (C=O) groups is 1. The van der Waals surface area contributed by atoms with Crippen LogP contribution in [0, 0.1) is 0 Å². The fourth-order valence-corrected chi connectivity index (χ4v) is 3.38. The summed E-state index contributed by atoms with van der Waals surface area (Å²) in [6.45, 7) is 7.39. The van der Waals surface area contributed by atoms with Gasteiger partial charge < -0.3 is 25.0 Å². The molecule has 6 heteroatoms. The van der Waals surface area contributed by atoms with Gasteiger partial charge in [-0.3, -0.25) is 0 Å². The van der Waals surface area contributed by atoms with Crippen LogP contribution in [-0.4, -0.2) is 40.7 Å². The molecule has 170 valence electrons. The minimum absolute atomic E-state index is 0.00328. The van der Waals surface area contributed by atoms with Gasteiger partial charge >= 0.3 is 6.09 Å². The molecule has 1 amide bonds. The molecule has 31 heavy (non-hydrogen) atoms. The molecule has 3 unspecified atom stereocenters. The maximum absolute atomic E-state index is 12.1. The average molecular weight is 430 g/mol. The maximum Gasteiger partial charge on any atom is 0.408 e. The normalized spacial score (nSPS) is 14.4. The summed E-state index contributed by atoms with van der Waals surface area (Å²) in [7, 11) is 0. The van der Waals surface area contributed by atoms with Gasteiger partial charge in [0.1, 0.15) is 18.0 Å². The van der Waals surface area contributed by atoms with Crippen LogP contribution in [-0.2, 0) is 11.3 Å². The molecule has 2 rings (SSSR count). The van der Waals surface area contributed by atoms with E-state index >= 15 is 0 Å². The molecule has 0 aromatic heterocycles. The van der Waals surface area contributed by atoms with Crippen LogP contribution < -0.4 is 10.1 Å². The second-order valence-corrected chi connectivity index (χ2v) is 8.66. The zero-order valence-electron chi connectivity index (χ0n) is 18.9. The largest absolute Gasteiger partial charge is 0.489 e. The topological polar surface area (TPSA) is 88.0 Å². The van der Waals surface area contributed by atoms with Crippen molar-refractivity contribution in [3.63, 3.8) is 0 Å². The number of hydrogen-bond donors (Lipinski definition) is 3. The fraction of sp³-hybridized carbons (Fsp3) is 0.480. The fourth-order valence-electron chi connectivity index (χ4n) is 3.38. The molecule has 0 saturated heterocycles. The van der Waals surface area contributed by atoms with Crippen molar-refractivity contribution in [3.05, 3.63) is 65.7 Å². The van der Waals surface area contributed by atoms with E-state index in [2.05, 4.69) is 5.32 Å². The summed E-state index contributed by atoms with van der Waals surface area (Å²) < 4.78 is 11.3. The van der Waals surface area contributed by atoms with Crippen LogP contribution in [0.25, 0.3) is 0 Å².